The van der Waals surface area contributed by atoms with Crippen molar-refractivity contribution in [2.75, 3.05) is 0 Å². The highest BCUT2D eigenvalue weighted by molar-refractivity contribution is 7.98. The minimum Gasteiger partial charge on any atom is -0.212 e. The Morgan fingerprint density at radius 3 is 2.19 bits per heavy atom. The van der Waals surface area contributed by atoms with Gasteiger partial charge in [-0.1, -0.05) is 84.6 Å². The van der Waals surface area contributed by atoms with E-state index in [4.69, 9.17) is 10.1 Å². The van der Waals surface area contributed by atoms with Gasteiger partial charge in [-0.2, -0.15) is 0 Å². The van der Waals surface area contributed by atoms with E-state index in [2.05, 4.69) is 55.5 Å². The van der Waals surface area contributed by atoms with Gasteiger partial charge in [0.1, 0.15) is 0 Å². The maximum absolute atomic E-state index is 4.82. The third-order valence-electron chi connectivity index (χ3n) is 4.24. The molecule has 0 bridgehead atoms. The van der Waals surface area contributed by atoms with Crippen molar-refractivity contribution >= 4 is 11.8 Å². The molecule has 0 aliphatic rings. The Morgan fingerprint density at radius 1 is 0.808 bits per heavy atom. The summed E-state index contributed by atoms with van der Waals surface area (Å²) >= 11 is 1.67. The maximum atomic E-state index is 4.82. The minimum absolute atomic E-state index is 0.788. The molecule has 26 heavy (non-hydrogen) atoms. The fourth-order valence-corrected chi connectivity index (χ4v) is 3.69. The number of thioether (sulfide) groups is 1. The normalized spacial score (nSPS) is 10.8. The van der Waals surface area contributed by atoms with Crippen molar-refractivity contribution in [3.63, 3.8) is 0 Å². The van der Waals surface area contributed by atoms with E-state index in [1.54, 1.807) is 11.8 Å². The summed E-state index contributed by atoms with van der Waals surface area (Å²) in [6.45, 7) is 2.14. The third kappa shape index (κ3) is 3.55. The molecule has 0 unspecified atom stereocenters. The molecule has 0 fully saturated rings. The molecule has 3 nitrogen and oxygen atoms in total. The van der Waals surface area contributed by atoms with Crippen LogP contribution in [0.1, 0.15) is 11.1 Å². The predicted octanol–water partition coefficient (Wildman–Crippen LogP) is 5.54. The van der Waals surface area contributed by atoms with Gasteiger partial charge >= 0.3 is 0 Å². The first-order chi connectivity index (χ1) is 12.8. The van der Waals surface area contributed by atoms with Gasteiger partial charge in [-0.15, -0.1) is 5.10 Å². The Hall–Kier alpha value is -2.85. The first-order valence-corrected chi connectivity index (χ1v) is 9.55. The Bertz CT molecular complexity index is 937. The molecule has 0 amide bonds. The van der Waals surface area contributed by atoms with Crippen molar-refractivity contribution in [2.45, 2.75) is 17.8 Å². The summed E-state index contributed by atoms with van der Waals surface area (Å²) < 4.78 is 1.93. The Kier molecular flexibility index (Phi) is 4.84. The van der Waals surface area contributed by atoms with E-state index >= 15 is 0 Å². The summed E-state index contributed by atoms with van der Waals surface area (Å²) in [7, 11) is 0. The van der Waals surface area contributed by atoms with E-state index in [0.29, 0.717) is 0 Å². The van der Waals surface area contributed by atoms with Crippen LogP contribution in [0, 0.1) is 6.92 Å². The van der Waals surface area contributed by atoms with Crippen LogP contribution in [0.15, 0.2) is 90.1 Å². The molecule has 1 heterocycles. The highest BCUT2D eigenvalue weighted by Crippen LogP contribution is 2.27. The highest BCUT2D eigenvalue weighted by Gasteiger charge is 2.14. The molecule has 4 aromatic rings. The number of hydrogen-bond acceptors (Lipinski definition) is 3. The van der Waals surface area contributed by atoms with Gasteiger partial charge in [0.25, 0.3) is 0 Å². The number of nitrogens with zero attached hydrogens (tertiary/aromatic N) is 3. The van der Waals surface area contributed by atoms with Gasteiger partial charge in [-0.25, -0.2) is 9.67 Å². The Labute approximate surface area is 157 Å². The van der Waals surface area contributed by atoms with E-state index in [-0.39, 0.29) is 0 Å². The Morgan fingerprint density at radius 2 is 1.46 bits per heavy atom. The topological polar surface area (TPSA) is 30.7 Å². The number of hydrogen-bond donors (Lipinski definition) is 0. The molecule has 0 radical (unpaired) electrons. The van der Waals surface area contributed by atoms with Crippen molar-refractivity contribution in [1.29, 1.82) is 0 Å². The molecule has 4 rings (SSSR count). The molecule has 0 saturated heterocycles. The van der Waals surface area contributed by atoms with Crippen molar-refractivity contribution in [2.24, 2.45) is 0 Å². The first kappa shape index (κ1) is 16.6. The summed E-state index contributed by atoms with van der Waals surface area (Å²) in [5, 5.41) is 5.56. The zero-order valence-electron chi connectivity index (χ0n) is 14.5. The van der Waals surface area contributed by atoms with E-state index in [1.807, 2.05) is 41.1 Å². The fourth-order valence-electron chi connectivity index (χ4n) is 2.79. The van der Waals surface area contributed by atoms with Gasteiger partial charge < -0.3 is 0 Å². The predicted molar refractivity (Wildman–Crippen MR) is 108 cm³/mol. The van der Waals surface area contributed by atoms with Crippen molar-refractivity contribution in [3.8, 4) is 17.1 Å². The van der Waals surface area contributed by atoms with Gasteiger partial charge in [0.2, 0.25) is 5.16 Å². The molecule has 0 aliphatic heterocycles. The first-order valence-electron chi connectivity index (χ1n) is 8.56. The van der Waals surface area contributed by atoms with Crippen molar-refractivity contribution < 1.29 is 0 Å². The van der Waals surface area contributed by atoms with Gasteiger partial charge in [-0.05, 0) is 30.2 Å². The van der Waals surface area contributed by atoms with Gasteiger partial charge in [0.15, 0.2) is 5.82 Å². The molecule has 3 aromatic carbocycles. The van der Waals surface area contributed by atoms with Crippen LogP contribution in [0.2, 0.25) is 0 Å². The molecule has 0 saturated carbocycles. The second-order valence-electron chi connectivity index (χ2n) is 6.05. The van der Waals surface area contributed by atoms with Crippen LogP contribution in [-0.4, -0.2) is 14.8 Å². The number of aromatic nitrogens is 3. The molecule has 4 heteroatoms. The summed E-state index contributed by atoms with van der Waals surface area (Å²) in [5.41, 5.74) is 4.69. The van der Waals surface area contributed by atoms with Gasteiger partial charge in [0, 0.05) is 11.3 Å². The number of benzene rings is 3. The SMILES string of the molecule is Cc1ccccc1CSc1nc(-c2ccccc2)n(-c2ccccc2)n1. The summed E-state index contributed by atoms with van der Waals surface area (Å²) in [6.07, 6.45) is 0. The van der Waals surface area contributed by atoms with E-state index in [0.717, 1.165) is 28.0 Å². The molecule has 0 N–H and O–H groups in total. The molecule has 1 aromatic heterocycles. The summed E-state index contributed by atoms with van der Waals surface area (Å²) in [4.78, 5) is 4.82. The quantitative estimate of drug-likeness (QED) is 0.440. The number of para-hydroxylation sites is 1. The second-order valence-corrected chi connectivity index (χ2v) is 6.99. The highest BCUT2D eigenvalue weighted by atomic mass is 32.2. The van der Waals surface area contributed by atoms with Gasteiger partial charge in [-0.3, -0.25) is 0 Å². The van der Waals surface area contributed by atoms with Crippen LogP contribution in [-0.2, 0) is 5.75 Å². The van der Waals surface area contributed by atoms with Crippen LogP contribution in [0.3, 0.4) is 0 Å². The van der Waals surface area contributed by atoms with Crippen LogP contribution < -0.4 is 0 Å². The average molecular weight is 357 g/mol. The molecule has 0 spiro atoms. The minimum atomic E-state index is 0.788. The lowest BCUT2D eigenvalue weighted by Crippen LogP contribution is -1.99. The molecular weight excluding hydrogens is 338 g/mol. The van der Waals surface area contributed by atoms with E-state index < -0.39 is 0 Å². The molecule has 0 aliphatic carbocycles. The van der Waals surface area contributed by atoms with Crippen molar-refractivity contribution in [3.05, 3.63) is 96.1 Å². The maximum Gasteiger partial charge on any atom is 0.209 e. The number of aryl methyl sites for hydroxylation is 1. The summed E-state index contributed by atoms with van der Waals surface area (Å²) in [5.74, 6) is 1.73. The van der Waals surface area contributed by atoms with Gasteiger partial charge in [0.05, 0.1) is 5.69 Å². The zero-order chi connectivity index (χ0) is 17.8. The number of rotatable bonds is 5. The van der Waals surface area contributed by atoms with Crippen LogP contribution in [0.25, 0.3) is 17.1 Å². The lowest BCUT2D eigenvalue weighted by Gasteiger charge is -2.05. The Balaban J connectivity index is 1.68. The molecule has 128 valence electrons. The van der Waals surface area contributed by atoms with E-state index in [1.165, 1.54) is 11.1 Å². The third-order valence-corrected chi connectivity index (χ3v) is 5.12. The largest absolute Gasteiger partial charge is 0.212 e. The lowest BCUT2D eigenvalue weighted by molar-refractivity contribution is 0.839. The van der Waals surface area contributed by atoms with Crippen LogP contribution >= 0.6 is 11.8 Å². The fraction of sp³-hybridized carbons (Fsp3) is 0.0909. The second kappa shape index (κ2) is 7.58. The lowest BCUT2D eigenvalue weighted by atomic mass is 10.1. The average Bonchev–Trinajstić information content (AvgIpc) is 3.13. The standard InChI is InChI=1S/C22H19N3S/c1-17-10-8-9-13-19(17)16-26-22-23-21(18-11-4-2-5-12-18)25(24-22)20-14-6-3-7-15-20/h2-15H,16H2,1H3. The molecular formula is C22H19N3S. The monoisotopic (exact) mass is 357 g/mol. The van der Waals surface area contributed by atoms with Crippen LogP contribution in [0.4, 0.5) is 0 Å². The van der Waals surface area contributed by atoms with Crippen LogP contribution in [0.5, 0.6) is 0 Å². The smallest absolute Gasteiger partial charge is 0.209 e. The van der Waals surface area contributed by atoms with Crippen molar-refractivity contribution in [1.82, 2.24) is 14.8 Å². The molecule has 0 atom stereocenters. The van der Waals surface area contributed by atoms with E-state index in [9.17, 15) is 0 Å². The zero-order valence-corrected chi connectivity index (χ0v) is 15.4. The summed E-state index contributed by atoms with van der Waals surface area (Å²) in [6, 6.07) is 28.8.